The summed E-state index contributed by atoms with van der Waals surface area (Å²) in [7, 11) is -1.26. The minimum atomic E-state index is -2.47. The Balaban J connectivity index is 2.95. The number of carbonyl (C=O) groups excluding carboxylic acids is 2. The average Bonchev–Trinajstić information content (AvgIpc) is 2.38. The quantitative estimate of drug-likeness (QED) is 0.492. The molecule has 0 aliphatic heterocycles. The standard InChI is InChI=1S/C13H14NO5P/c1-9(15)14-12-5-3-10(4-6-12)7-11(8-20(17)18)13(16)19-2/h3-7H,8H2,1-2H3,(H-,14,15,16,17,18)/p+1. The molecule has 1 atom stereocenters. The molecule has 0 aromatic heterocycles. The normalized spacial score (nSPS) is 11.8. The van der Waals surface area contributed by atoms with Crippen molar-refractivity contribution in [3.63, 3.8) is 0 Å². The van der Waals surface area contributed by atoms with Crippen LogP contribution in [-0.4, -0.2) is 30.0 Å². The zero-order valence-electron chi connectivity index (χ0n) is 11.1. The lowest BCUT2D eigenvalue weighted by Crippen LogP contribution is -2.07. The zero-order chi connectivity index (χ0) is 15.1. The van der Waals surface area contributed by atoms with Crippen molar-refractivity contribution >= 4 is 31.7 Å². The number of hydrogen-bond donors (Lipinski definition) is 2. The summed E-state index contributed by atoms with van der Waals surface area (Å²) >= 11 is 0. The van der Waals surface area contributed by atoms with E-state index in [2.05, 4.69) is 10.1 Å². The molecule has 1 aromatic carbocycles. The predicted molar refractivity (Wildman–Crippen MR) is 75.4 cm³/mol. The summed E-state index contributed by atoms with van der Waals surface area (Å²) in [6.07, 6.45) is 1.21. The summed E-state index contributed by atoms with van der Waals surface area (Å²) in [6, 6.07) is 6.69. The first-order valence-corrected chi connectivity index (χ1v) is 7.12. The molecule has 0 aliphatic rings. The number of carbonyl (C=O) groups is 2. The number of ether oxygens (including phenoxy) is 1. The second-order valence-electron chi connectivity index (χ2n) is 3.97. The van der Waals surface area contributed by atoms with Crippen molar-refractivity contribution in [3.05, 3.63) is 35.4 Å². The van der Waals surface area contributed by atoms with E-state index >= 15 is 0 Å². The molecule has 7 heteroatoms. The number of methoxy groups -OCH3 is 1. The lowest BCUT2D eigenvalue weighted by molar-refractivity contribution is -0.135. The lowest BCUT2D eigenvalue weighted by Gasteiger charge is -2.03. The van der Waals surface area contributed by atoms with Gasteiger partial charge in [0.1, 0.15) is 0 Å². The molecule has 1 amide bonds. The van der Waals surface area contributed by atoms with Crippen LogP contribution < -0.4 is 5.32 Å². The smallest absolute Gasteiger partial charge is 0.466 e. The predicted octanol–water partition coefficient (Wildman–Crippen LogP) is 1.94. The maximum atomic E-state index is 11.5. The van der Waals surface area contributed by atoms with E-state index in [1.807, 2.05) is 0 Å². The molecule has 0 radical (unpaired) electrons. The van der Waals surface area contributed by atoms with E-state index < -0.39 is 14.0 Å². The van der Waals surface area contributed by atoms with E-state index in [9.17, 15) is 14.2 Å². The fourth-order valence-electron chi connectivity index (χ4n) is 1.51. The molecule has 2 N–H and O–H groups in total. The van der Waals surface area contributed by atoms with Gasteiger partial charge >= 0.3 is 14.0 Å². The van der Waals surface area contributed by atoms with Gasteiger partial charge in [-0.2, -0.15) is 4.89 Å². The Labute approximate surface area is 117 Å². The van der Waals surface area contributed by atoms with Crippen molar-refractivity contribution < 1.29 is 23.8 Å². The minimum Gasteiger partial charge on any atom is -0.466 e. The number of esters is 1. The number of benzene rings is 1. The molecular weight excluding hydrogens is 281 g/mol. The van der Waals surface area contributed by atoms with Gasteiger partial charge in [0.05, 0.1) is 12.7 Å². The highest BCUT2D eigenvalue weighted by molar-refractivity contribution is 7.38. The van der Waals surface area contributed by atoms with Crippen molar-refractivity contribution in [2.45, 2.75) is 6.92 Å². The zero-order valence-corrected chi connectivity index (χ0v) is 12.0. The lowest BCUT2D eigenvalue weighted by atomic mass is 10.1. The Morgan fingerprint density at radius 1 is 1.35 bits per heavy atom. The van der Waals surface area contributed by atoms with Crippen molar-refractivity contribution in [2.24, 2.45) is 0 Å². The van der Waals surface area contributed by atoms with Crippen LogP contribution in [0.5, 0.6) is 0 Å². The monoisotopic (exact) mass is 296 g/mol. The topological polar surface area (TPSA) is 92.7 Å². The van der Waals surface area contributed by atoms with Gasteiger partial charge in [-0.05, 0) is 28.3 Å². The van der Waals surface area contributed by atoms with Crippen LogP contribution in [0, 0.1) is 0 Å². The molecule has 0 spiro atoms. The van der Waals surface area contributed by atoms with E-state index in [1.54, 1.807) is 24.3 Å². The van der Waals surface area contributed by atoms with Crippen LogP contribution in [0.2, 0.25) is 0 Å². The summed E-state index contributed by atoms with van der Waals surface area (Å²) in [5, 5.41) is 2.61. The largest absolute Gasteiger partial charge is 0.510 e. The van der Waals surface area contributed by atoms with Crippen LogP contribution in [0.3, 0.4) is 0 Å². The average molecular weight is 296 g/mol. The van der Waals surface area contributed by atoms with Crippen molar-refractivity contribution in [3.8, 4) is 0 Å². The molecule has 20 heavy (non-hydrogen) atoms. The fourth-order valence-corrected chi connectivity index (χ4v) is 2.02. The van der Waals surface area contributed by atoms with Gasteiger partial charge in [-0.3, -0.25) is 4.79 Å². The molecular formula is C13H15NO5P+. The molecule has 0 saturated heterocycles. The highest BCUT2D eigenvalue weighted by Crippen LogP contribution is 2.21. The fraction of sp³-hybridized carbons (Fsp3) is 0.231. The van der Waals surface area contributed by atoms with Gasteiger partial charge in [-0.15, -0.1) is 0 Å². The van der Waals surface area contributed by atoms with Gasteiger partial charge in [0.2, 0.25) is 12.1 Å². The minimum absolute atomic E-state index is 0.114. The third kappa shape index (κ3) is 5.30. The van der Waals surface area contributed by atoms with Crippen LogP contribution in [0.4, 0.5) is 5.69 Å². The van der Waals surface area contributed by atoms with Crippen LogP contribution in [0.1, 0.15) is 12.5 Å². The van der Waals surface area contributed by atoms with E-state index in [-0.39, 0.29) is 17.6 Å². The van der Waals surface area contributed by atoms with E-state index in [0.717, 1.165) is 0 Å². The van der Waals surface area contributed by atoms with Crippen molar-refractivity contribution in [2.75, 3.05) is 18.6 Å². The number of nitrogens with one attached hydrogen (secondary N) is 1. The first-order chi connectivity index (χ1) is 9.42. The molecule has 106 valence electrons. The number of rotatable bonds is 5. The Morgan fingerprint density at radius 3 is 2.40 bits per heavy atom. The highest BCUT2D eigenvalue weighted by atomic mass is 31.1. The summed E-state index contributed by atoms with van der Waals surface area (Å²) < 4.78 is 15.4. The van der Waals surface area contributed by atoms with E-state index in [4.69, 9.17) is 4.89 Å². The van der Waals surface area contributed by atoms with Gasteiger partial charge in [-0.25, -0.2) is 4.79 Å². The summed E-state index contributed by atoms with van der Waals surface area (Å²) in [5.41, 5.74) is 1.40. The van der Waals surface area contributed by atoms with Gasteiger partial charge in [0.25, 0.3) is 0 Å². The third-order valence-corrected chi connectivity index (χ3v) is 2.94. The molecule has 0 saturated carbocycles. The van der Waals surface area contributed by atoms with Crippen molar-refractivity contribution in [1.82, 2.24) is 0 Å². The number of hydrogen-bond acceptors (Lipinski definition) is 4. The number of amides is 1. The summed E-state index contributed by atoms with van der Waals surface area (Å²) in [6.45, 7) is 1.40. The third-order valence-electron chi connectivity index (χ3n) is 2.33. The van der Waals surface area contributed by atoms with Gasteiger partial charge in [0, 0.05) is 12.6 Å². The Kier molecular flexibility index (Phi) is 6.03. The second kappa shape index (κ2) is 7.53. The highest BCUT2D eigenvalue weighted by Gasteiger charge is 2.21. The molecule has 0 fully saturated rings. The SMILES string of the molecule is COC(=O)/C(=C/c1ccc(NC(C)=O)cc1)C[P+](=O)O. The Bertz CT molecular complexity index is 550. The number of anilines is 1. The summed E-state index contributed by atoms with van der Waals surface area (Å²) in [4.78, 5) is 31.3. The molecule has 1 unspecified atom stereocenters. The van der Waals surface area contributed by atoms with Gasteiger partial charge in [-0.1, -0.05) is 12.1 Å². The Morgan fingerprint density at radius 2 is 1.95 bits per heavy atom. The van der Waals surface area contributed by atoms with E-state index in [1.165, 1.54) is 20.1 Å². The van der Waals surface area contributed by atoms with Crippen LogP contribution in [0.25, 0.3) is 6.08 Å². The van der Waals surface area contributed by atoms with Gasteiger partial charge < -0.3 is 10.1 Å². The first kappa shape index (κ1) is 16.0. The molecule has 0 bridgehead atoms. The molecule has 0 aliphatic carbocycles. The van der Waals surface area contributed by atoms with Crippen LogP contribution in [-0.2, 0) is 18.9 Å². The molecule has 1 rings (SSSR count). The maximum Gasteiger partial charge on any atom is 0.510 e. The Hall–Kier alpha value is -2.04. The maximum absolute atomic E-state index is 11.5. The van der Waals surface area contributed by atoms with E-state index in [0.29, 0.717) is 11.3 Å². The van der Waals surface area contributed by atoms with Crippen LogP contribution >= 0.6 is 8.03 Å². The van der Waals surface area contributed by atoms with Crippen molar-refractivity contribution in [1.29, 1.82) is 0 Å². The second-order valence-corrected chi connectivity index (χ2v) is 5.00. The molecule has 1 aromatic rings. The molecule has 6 nitrogen and oxygen atoms in total. The summed E-state index contributed by atoms with van der Waals surface area (Å²) in [5.74, 6) is -0.825. The molecule has 0 heterocycles. The van der Waals surface area contributed by atoms with Gasteiger partial charge in [0.15, 0.2) is 0 Å². The first-order valence-electron chi connectivity index (χ1n) is 5.72. The van der Waals surface area contributed by atoms with Crippen LogP contribution in [0.15, 0.2) is 29.8 Å².